The summed E-state index contributed by atoms with van der Waals surface area (Å²) in [7, 11) is 0.780. The van der Waals surface area contributed by atoms with Crippen LogP contribution in [0.1, 0.15) is 44.9 Å². The Morgan fingerprint density at radius 1 is 1.17 bits per heavy atom. The minimum atomic E-state index is -1.12. The lowest BCUT2D eigenvalue weighted by Crippen LogP contribution is -2.32. The van der Waals surface area contributed by atoms with E-state index in [2.05, 4.69) is 19.6 Å². The van der Waals surface area contributed by atoms with Crippen LogP contribution in [-0.4, -0.2) is 39.3 Å². The summed E-state index contributed by atoms with van der Waals surface area (Å²) in [5, 5.41) is 0. The summed E-state index contributed by atoms with van der Waals surface area (Å²) in [6.45, 7) is 8.39. The molecule has 4 heteroatoms. The van der Waals surface area contributed by atoms with Crippen LogP contribution in [0.25, 0.3) is 0 Å². The minimum Gasteiger partial charge on any atom is -0.450 e. The fourth-order valence-corrected chi connectivity index (χ4v) is 6.40. The highest BCUT2D eigenvalue weighted by Crippen LogP contribution is 2.67. The zero-order chi connectivity index (χ0) is 16.7. The third-order valence-electron chi connectivity index (χ3n) is 6.72. The second-order valence-electron chi connectivity index (χ2n) is 9.86. The fourth-order valence-electron chi connectivity index (χ4n) is 5.69. The maximum Gasteiger partial charge on any atom is 0.409 e. The SMILES string of the molecule is CN(CCCC12CC3CC(CC1C3)C2)C(=O)OCC[Si](C)(C)C. The summed E-state index contributed by atoms with van der Waals surface area (Å²) in [6, 6.07) is 1.06. The molecule has 2 unspecified atom stereocenters. The Hall–Kier alpha value is -0.513. The van der Waals surface area contributed by atoms with Gasteiger partial charge in [-0.05, 0) is 74.2 Å². The number of hydrogen-bond donors (Lipinski definition) is 0. The number of carbonyl (C=O) groups is 1. The topological polar surface area (TPSA) is 29.5 Å². The highest BCUT2D eigenvalue weighted by molar-refractivity contribution is 6.76. The summed E-state index contributed by atoms with van der Waals surface area (Å²) >= 11 is 0. The van der Waals surface area contributed by atoms with Gasteiger partial charge in [-0.1, -0.05) is 19.6 Å². The first-order chi connectivity index (χ1) is 10.8. The van der Waals surface area contributed by atoms with Crippen molar-refractivity contribution in [3.63, 3.8) is 0 Å². The van der Waals surface area contributed by atoms with E-state index in [-0.39, 0.29) is 6.09 Å². The molecule has 4 fully saturated rings. The van der Waals surface area contributed by atoms with Crippen molar-refractivity contribution in [2.75, 3.05) is 20.2 Å². The third-order valence-corrected chi connectivity index (χ3v) is 8.42. The van der Waals surface area contributed by atoms with Gasteiger partial charge < -0.3 is 9.64 Å². The van der Waals surface area contributed by atoms with Crippen molar-refractivity contribution in [3.8, 4) is 0 Å². The molecule has 2 atom stereocenters. The zero-order valence-electron chi connectivity index (χ0n) is 15.6. The molecule has 4 bridgehead atoms. The lowest BCUT2D eigenvalue weighted by molar-refractivity contribution is 0.111. The number of nitrogens with zero attached hydrogens (tertiary/aromatic N) is 1. The molecule has 0 spiro atoms. The average Bonchev–Trinajstić information content (AvgIpc) is 2.81. The van der Waals surface area contributed by atoms with E-state index in [1.807, 2.05) is 7.05 Å². The van der Waals surface area contributed by atoms with E-state index in [1.165, 1.54) is 38.5 Å². The number of ether oxygens (including phenoxy) is 1. The molecule has 0 aliphatic heterocycles. The van der Waals surface area contributed by atoms with E-state index in [0.29, 0.717) is 12.0 Å². The highest BCUT2D eigenvalue weighted by Gasteiger charge is 2.56. The number of rotatable bonds is 7. The van der Waals surface area contributed by atoms with Gasteiger partial charge in [0.25, 0.3) is 0 Å². The molecule has 132 valence electrons. The Bertz CT molecular complexity index is 431. The summed E-state index contributed by atoms with van der Waals surface area (Å²) in [6.07, 6.45) is 9.85. The molecule has 4 aliphatic carbocycles. The van der Waals surface area contributed by atoms with Crippen LogP contribution in [0.3, 0.4) is 0 Å². The van der Waals surface area contributed by atoms with Gasteiger partial charge >= 0.3 is 6.09 Å². The lowest BCUT2D eigenvalue weighted by atomic mass is 9.73. The molecular formula is C19H35NO2Si. The van der Waals surface area contributed by atoms with Crippen LogP contribution in [0.5, 0.6) is 0 Å². The number of amides is 1. The second-order valence-corrected chi connectivity index (χ2v) is 15.5. The standard InChI is InChI=1S/C19H35NO2Si/c1-20(18(21)22-8-9-23(2,3)4)7-5-6-19-13-15-10-16(14-19)12-17(19)11-15/h15-17H,5-14H2,1-4H3. The van der Waals surface area contributed by atoms with Crippen LogP contribution in [-0.2, 0) is 4.74 Å². The highest BCUT2D eigenvalue weighted by atomic mass is 28.3. The van der Waals surface area contributed by atoms with Crippen LogP contribution in [0, 0.1) is 23.2 Å². The average molecular weight is 338 g/mol. The van der Waals surface area contributed by atoms with E-state index in [9.17, 15) is 4.79 Å². The Morgan fingerprint density at radius 2 is 1.83 bits per heavy atom. The van der Waals surface area contributed by atoms with Crippen LogP contribution in [0.15, 0.2) is 0 Å². The van der Waals surface area contributed by atoms with E-state index < -0.39 is 8.07 Å². The summed E-state index contributed by atoms with van der Waals surface area (Å²) in [4.78, 5) is 13.9. The molecule has 4 rings (SSSR count). The van der Waals surface area contributed by atoms with E-state index in [0.717, 1.165) is 36.8 Å². The largest absolute Gasteiger partial charge is 0.450 e. The first-order valence-electron chi connectivity index (χ1n) is 9.65. The van der Waals surface area contributed by atoms with Crippen LogP contribution in [0.2, 0.25) is 25.7 Å². The molecule has 0 N–H and O–H groups in total. The van der Waals surface area contributed by atoms with E-state index in [1.54, 1.807) is 4.90 Å². The van der Waals surface area contributed by atoms with Gasteiger partial charge in [0.2, 0.25) is 0 Å². The van der Waals surface area contributed by atoms with Crippen LogP contribution >= 0.6 is 0 Å². The molecule has 23 heavy (non-hydrogen) atoms. The van der Waals surface area contributed by atoms with Gasteiger partial charge in [-0.15, -0.1) is 0 Å². The monoisotopic (exact) mass is 337 g/mol. The maximum absolute atomic E-state index is 12.1. The summed E-state index contributed by atoms with van der Waals surface area (Å²) in [5.74, 6) is 3.09. The minimum absolute atomic E-state index is 0.127. The smallest absolute Gasteiger partial charge is 0.409 e. The molecular weight excluding hydrogens is 302 g/mol. The molecule has 4 aliphatic rings. The van der Waals surface area contributed by atoms with Crippen molar-refractivity contribution in [3.05, 3.63) is 0 Å². The molecule has 0 heterocycles. The first-order valence-corrected chi connectivity index (χ1v) is 13.4. The summed E-state index contributed by atoms with van der Waals surface area (Å²) in [5.41, 5.74) is 0.663. The van der Waals surface area contributed by atoms with Gasteiger partial charge in [-0.25, -0.2) is 4.79 Å². The van der Waals surface area contributed by atoms with Crippen LogP contribution in [0.4, 0.5) is 4.79 Å². The van der Waals surface area contributed by atoms with Gasteiger partial charge in [0.05, 0.1) is 6.61 Å². The predicted molar refractivity (Wildman–Crippen MR) is 97.4 cm³/mol. The normalized spacial score (nSPS) is 34.9. The van der Waals surface area contributed by atoms with Crippen molar-refractivity contribution >= 4 is 14.2 Å². The maximum atomic E-state index is 12.1. The molecule has 3 nitrogen and oxygen atoms in total. The van der Waals surface area contributed by atoms with Crippen molar-refractivity contribution in [1.82, 2.24) is 4.90 Å². The van der Waals surface area contributed by atoms with E-state index >= 15 is 0 Å². The predicted octanol–water partition coefficient (Wildman–Crippen LogP) is 5.00. The zero-order valence-corrected chi connectivity index (χ0v) is 16.6. The Morgan fingerprint density at radius 3 is 2.43 bits per heavy atom. The summed E-state index contributed by atoms with van der Waals surface area (Å²) < 4.78 is 5.43. The lowest BCUT2D eigenvalue weighted by Gasteiger charge is -2.33. The Labute approximate surface area is 143 Å². The Kier molecular flexibility index (Phi) is 4.83. The molecule has 0 aromatic carbocycles. The Balaban J connectivity index is 1.36. The third kappa shape index (κ3) is 3.94. The van der Waals surface area contributed by atoms with Crippen molar-refractivity contribution in [1.29, 1.82) is 0 Å². The van der Waals surface area contributed by atoms with Crippen molar-refractivity contribution < 1.29 is 9.53 Å². The quantitative estimate of drug-likeness (QED) is 0.612. The fraction of sp³-hybridized carbons (Fsp3) is 0.947. The number of hydrogen-bond acceptors (Lipinski definition) is 2. The molecule has 1 amide bonds. The molecule has 0 radical (unpaired) electrons. The molecule has 0 aromatic rings. The van der Waals surface area contributed by atoms with E-state index in [4.69, 9.17) is 4.74 Å². The van der Waals surface area contributed by atoms with Gasteiger partial charge in [0.1, 0.15) is 0 Å². The molecule has 0 aromatic heterocycles. The van der Waals surface area contributed by atoms with Crippen molar-refractivity contribution in [2.45, 2.75) is 70.6 Å². The van der Waals surface area contributed by atoms with Gasteiger partial charge in [-0.2, -0.15) is 0 Å². The second kappa shape index (κ2) is 6.42. The number of carbonyl (C=O) groups excluding carboxylic acids is 1. The molecule has 4 saturated carbocycles. The van der Waals surface area contributed by atoms with Gasteiger partial charge in [0.15, 0.2) is 0 Å². The van der Waals surface area contributed by atoms with Crippen LogP contribution < -0.4 is 0 Å². The van der Waals surface area contributed by atoms with Gasteiger partial charge in [0, 0.05) is 21.7 Å². The van der Waals surface area contributed by atoms with Gasteiger partial charge in [-0.3, -0.25) is 0 Å². The molecule has 0 saturated heterocycles. The first kappa shape index (κ1) is 17.3. The van der Waals surface area contributed by atoms with Crippen molar-refractivity contribution in [2.24, 2.45) is 23.2 Å².